The Hall–Kier alpha value is -3.06. The predicted molar refractivity (Wildman–Crippen MR) is 90.8 cm³/mol. The lowest BCUT2D eigenvalue weighted by Crippen LogP contribution is -2.40. The first-order chi connectivity index (χ1) is 12.4. The van der Waals surface area contributed by atoms with Gasteiger partial charge in [-0.15, -0.1) is 0 Å². The first-order valence-electron chi connectivity index (χ1n) is 7.65. The largest absolute Gasteiger partial charge is 0.456 e. The summed E-state index contributed by atoms with van der Waals surface area (Å²) in [5.74, 6) is -4.32. The van der Waals surface area contributed by atoms with Crippen LogP contribution in [0.3, 0.4) is 0 Å². The maximum absolute atomic E-state index is 12.6. The van der Waals surface area contributed by atoms with Crippen molar-refractivity contribution in [3.05, 3.63) is 74.8 Å². The number of nitro groups is 1. The minimum Gasteiger partial charge on any atom is -0.456 e. The van der Waals surface area contributed by atoms with Crippen LogP contribution in [0.1, 0.15) is 28.4 Å². The lowest BCUT2D eigenvalue weighted by molar-refractivity contribution is -0.385. The quantitative estimate of drug-likeness (QED) is 0.268. The number of hydrogen-bond donors (Lipinski definition) is 0. The van der Waals surface area contributed by atoms with Gasteiger partial charge in [-0.1, -0.05) is 41.9 Å². The fourth-order valence-corrected chi connectivity index (χ4v) is 2.97. The van der Waals surface area contributed by atoms with Crippen molar-refractivity contribution in [1.29, 1.82) is 0 Å². The molecule has 8 heteroatoms. The number of Topliss-reactive ketones (excluding diaryl/α,β-unsaturated/α-hetero) is 2. The van der Waals surface area contributed by atoms with E-state index in [0.29, 0.717) is 5.56 Å². The SMILES string of the molecule is O=C1CC(c2ccccc2)OC(=O)C1C(=O)c1ccc(Cl)cc1[N+](=O)[O-]. The van der Waals surface area contributed by atoms with Crippen molar-refractivity contribution in [2.75, 3.05) is 0 Å². The van der Waals surface area contributed by atoms with Crippen molar-refractivity contribution < 1.29 is 24.0 Å². The molecule has 7 nitrogen and oxygen atoms in total. The summed E-state index contributed by atoms with van der Waals surface area (Å²) in [6.45, 7) is 0. The number of cyclic esters (lactones) is 1. The molecule has 1 aliphatic heterocycles. The third kappa shape index (κ3) is 3.34. The molecule has 0 spiro atoms. The van der Waals surface area contributed by atoms with Crippen LogP contribution in [0.2, 0.25) is 5.02 Å². The fraction of sp³-hybridized carbons (Fsp3) is 0.167. The van der Waals surface area contributed by atoms with E-state index in [1.54, 1.807) is 30.3 Å². The lowest BCUT2D eigenvalue weighted by Gasteiger charge is -2.26. The van der Waals surface area contributed by atoms with E-state index in [1.165, 1.54) is 6.07 Å². The number of esters is 1. The number of rotatable bonds is 4. The zero-order chi connectivity index (χ0) is 18.8. The van der Waals surface area contributed by atoms with E-state index < -0.39 is 40.2 Å². The van der Waals surface area contributed by atoms with Gasteiger partial charge in [0.15, 0.2) is 17.5 Å². The minimum atomic E-state index is -1.71. The summed E-state index contributed by atoms with van der Waals surface area (Å²) in [4.78, 5) is 47.7. The van der Waals surface area contributed by atoms with Crippen LogP contribution in [0.4, 0.5) is 5.69 Å². The summed E-state index contributed by atoms with van der Waals surface area (Å²) in [7, 11) is 0. The van der Waals surface area contributed by atoms with Crippen LogP contribution in [0.5, 0.6) is 0 Å². The van der Waals surface area contributed by atoms with Crippen LogP contribution in [0, 0.1) is 16.0 Å². The van der Waals surface area contributed by atoms with Crippen LogP contribution in [0.25, 0.3) is 0 Å². The Labute approximate surface area is 152 Å². The highest BCUT2D eigenvalue weighted by Gasteiger charge is 2.44. The van der Waals surface area contributed by atoms with Gasteiger partial charge in [0.05, 0.1) is 10.5 Å². The number of carbonyl (C=O) groups excluding carboxylic acids is 3. The Kier molecular flexibility index (Phi) is 4.81. The molecule has 0 radical (unpaired) electrons. The smallest absolute Gasteiger partial charge is 0.325 e. The van der Waals surface area contributed by atoms with Crippen molar-refractivity contribution in [3.8, 4) is 0 Å². The molecule has 1 aliphatic rings. The number of nitro benzene ring substituents is 1. The second kappa shape index (κ2) is 7.05. The molecule has 1 heterocycles. The van der Waals surface area contributed by atoms with Crippen molar-refractivity contribution >= 4 is 34.8 Å². The van der Waals surface area contributed by atoms with E-state index in [0.717, 1.165) is 12.1 Å². The summed E-state index contributed by atoms with van der Waals surface area (Å²) in [5, 5.41) is 11.2. The molecule has 1 saturated heterocycles. The maximum atomic E-state index is 12.6. The number of nitrogens with zero attached hydrogens (tertiary/aromatic N) is 1. The Morgan fingerprint density at radius 3 is 2.46 bits per heavy atom. The van der Waals surface area contributed by atoms with E-state index in [-0.39, 0.29) is 17.0 Å². The van der Waals surface area contributed by atoms with Gasteiger partial charge in [0.2, 0.25) is 0 Å². The number of halogens is 1. The summed E-state index contributed by atoms with van der Waals surface area (Å²) < 4.78 is 5.25. The molecule has 2 atom stereocenters. The average Bonchev–Trinajstić information content (AvgIpc) is 2.61. The topological polar surface area (TPSA) is 104 Å². The lowest BCUT2D eigenvalue weighted by atomic mass is 9.87. The fourth-order valence-electron chi connectivity index (χ4n) is 2.81. The summed E-state index contributed by atoms with van der Waals surface area (Å²) in [5.41, 5.74) is -0.279. The van der Waals surface area contributed by atoms with E-state index in [1.807, 2.05) is 0 Å². The molecular formula is C18H12ClNO6. The molecule has 0 aromatic heterocycles. The molecule has 2 aromatic carbocycles. The van der Waals surface area contributed by atoms with E-state index in [2.05, 4.69) is 0 Å². The molecule has 3 rings (SSSR count). The van der Waals surface area contributed by atoms with Crippen LogP contribution < -0.4 is 0 Å². The van der Waals surface area contributed by atoms with Crippen LogP contribution in [-0.4, -0.2) is 22.5 Å². The molecule has 2 unspecified atom stereocenters. The van der Waals surface area contributed by atoms with Gasteiger partial charge in [0.1, 0.15) is 6.10 Å². The molecule has 0 aliphatic carbocycles. The zero-order valence-corrected chi connectivity index (χ0v) is 14.0. The Bertz CT molecular complexity index is 893. The van der Waals surface area contributed by atoms with Gasteiger partial charge in [0.25, 0.3) is 5.69 Å². The number of ether oxygens (including phenoxy) is 1. The van der Waals surface area contributed by atoms with Gasteiger partial charge >= 0.3 is 5.97 Å². The van der Waals surface area contributed by atoms with Crippen LogP contribution >= 0.6 is 11.6 Å². The van der Waals surface area contributed by atoms with Gasteiger partial charge in [0, 0.05) is 17.5 Å². The Morgan fingerprint density at radius 1 is 1.15 bits per heavy atom. The van der Waals surface area contributed by atoms with Gasteiger partial charge in [-0.2, -0.15) is 0 Å². The zero-order valence-electron chi connectivity index (χ0n) is 13.3. The van der Waals surface area contributed by atoms with E-state index in [9.17, 15) is 24.5 Å². The summed E-state index contributed by atoms with van der Waals surface area (Å²) >= 11 is 5.72. The van der Waals surface area contributed by atoms with Gasteiger partial charge in [-0.05, 0) is 17.7 Å². The number of carbonyl (C=O) groups is 3. The molecule has 0 bridgehead atoms. The molecule has 0 saturated carbocycles. The average molecular weight is 374 g/mol. The second-order valence-corrected chi connectivity index (χ2v) is 6.16. The number of benzene rings is 2. The van der Waals surface area contributed by atoms with Gasteiger partial charge in [-0.3, -0.25) is 24.5 Å². The monoisotopic (exact) mass is 373 g/mol. The first kappa shape index (κ1) is 17.8. The normalized spacial score (nSPS) is 19.7. The van der Waals surface area contributed by atoms with Crippen molar-refractivity contribution in [2.45, 2.75) is 12.5 Å². The summed E-state index contributed by atoms with van der Waals surface area (Å²) in [6, 6.07) is 12.1. The maximum Gasteiger partial charge on any atom is 0.325 e. The van der Waals surface area contributed by atoms with Gasteiger partial charge in [-0.25, -0.2) is 0 Å². The molecule has 2 aromatic rings. The Balaban J connectivity index is 1.89. The Morgan fingerprint density at radius 2 is 1.85 bits per heavy atom. The molecular weight excluding hydrogens is 362 g/mol. The number of ketones is 2. The molecule has 0 amide bonds. The van der Waals surface area contributed by atoms with Crippen LogP contribution in [-0.2, 0) is 14.3 Å². The highest BCUT2D eigenvalue weighted by Crippen LogP contribution is 2.33. The highest BCUT2D eigenvalue weighted by molar-refractivity contribution is 6.31. The minimum absolute atomic E-state index is 0.0648. The molecule has 26 heavy (non-hydrogen) atoms. The third-order valence-corrected chi connectivity index (χ3v) is 4.29. The predicted octanol–water partition coefficient (Wildman–Crippen LogP) is 3.30. The number of hydrogen-bond acceptors (Lipinski definition) is 6. The van der Waals surface area contributed by atoms with Crippen LogP contribution in [0.15, 0.2) is 48.5 Å². The van der Waals surface area contributed by atoms with E-state index >= 15 is 0 Å². The highest BCUT2D eigenvalue weighted by atomic mass is 35.5. The van der Waals surface area contributed by atoms with Crippen molar-refractivity contribution in [2.24, 2.45) is 5.92 Å². The molecule has 0 N–H and O–H groups in total. The molecule has 132 valence electrons. The van der Waals surface area contributed by atoms with Gasteiger partial charge < -0.3 is 4.74 Å². The standard InChI is InChI=1S/C18H12ClNO6/c19-11-6-7-12(13(8-11)20(24)25)17(22)16-14(21)9-15(26-18(16)23)10-4-2-1-3-5-10/h1-8,15-16H,9H2. The molecule has 1 fully saturated rings. The summed E-state index contributed by atoms with van der Waals surface area (Å²) in [6.07, 6.45) is -0.950. The van der Waals surface area contributed by atoms with Crippen molar-refractivity contribution in [3.63, 3.8) is 0 Å². The second-order valence-electron chi connectivity index (χ2n) is 5.72. The van der Waals surface area contributed by atoms with Crippen molar-refractivity contribution in [1.82, 2.24) is 0 Å². The first-order valence-corrected chi connectivity index (χ1v) is 8.02. The third-order valence-electron chi connectivity index (χ3n) is 4.06. The van der Waals surface area contributed by atoms with E-state index in [4.69, 9.17) is 16.3 Å².